The van der Waals surface area contributed by atoms with E-state index < -0.39 is 11.7 Å². The third kappa shape index (κ3) is 4.01. The molecule has 0 bridgehead atoms. The first-order chi connectivity index (χ1) is 11.0. The zero-order valence-electron chi connectivity index (χ0n) is 12.6. The summed E-state index contributed by atoms with van der Waals surface area (Å²) in [6.07, 6.45) is -3.10. The van der Waals surface area contributed by atoms with Crippen molar-refractivity contribution in [2.24, 2.45) is 0 Å². The van der Waals surface area contributed by atoms with E-state index in [0.29, 0.717) is 18.9 Å². The van der Waals surface area contributed by atoms with E-state index in [0.717, 1.165) is 31.8 Å². The second-order valence-corrected chi connectivity index (χ2v) is 5.65. The lowest BCUT2D eigenvalue weighted by Gasteiger charge is -2.35. The minimum absolute atomic E-state index is 0.402. The molecule has 1 fully saturated rings. The standard InChI is InChI=1S/C17H18F3N3/c18-17(19,20)15-6-7-21-16(12-15)23-10-8-22(9-11-23)13-14-4-2-1-3-5-14/h1-7,12H,8-11,13H2. The van der Waals surface area contributed by atoms with E-state index in [1.54, 1.807) is 0 Å². The number of alkyl halides is 3. The van der Waals surface area contributed by atoms with Gasteiger partial charge in [-0.3, -0.25) is 4.90 Å². The summed E-state index contributed by atoms with van der Waals surface area (Å²) in [4.78, 5) is 8.31. The topological polar surface area (TPSA) is 19.4 Å². The van der Waals surface area contributed by atoms with Crippen molar-refractivity contribution in [3.05, 3.63) is 59.8 Å². The normalized spacial score (nSPS) is 16.6. The summed E-state index contributed by atoms with van der Waals surface area (Å²) in [6.45, 7) is 3.85. The van der Waals surface area contributed by atoms with Crippen molar-refractivity contribution >= 4 is 5.82 Å². The molecule has 6 heteroatoms. The van der Waals surface area contributed by atoms with Crippen LogP contribution in [0.4, 0.5) is 19.0 Å². The molecule has 1 aliphatic rings. The van der Waals surface area contributed by atoms with Gasteiger partial charge in [-0.1, -0.05) is 30.3 Å². The Bertz CT molecular complexity index is 635. The highest BCUT2D eigenvalue weighted by atomic mass is 19.4. The smallest absolute Gasteiger partial charge is 0.354 e. The number of rotatable bonds is 3. The number of halogens is 3. The van der Waals surface area contributed by atoms with Crippen LogP contribution in [0.25, 0.3) is 0 Å². The van der Waals surface area contributed by atoms with Gasteiger partial charge in [0.05, 0.1) is 5.56 Å². The SMILES string of the molecule is FC(F)(F)c1ccnc(N2CCN(Cc3ccccc3)CC2)c1. The number of hydrogen-bond acceptors (Lipinski definition) is 3. The molecular weight excluding hydrogens is 303 g/mol. The van der Waals surface area contributed by atoms with E-state index in [4.69, 9.17) is 0 Å². The van der Waals surface area contributed by atoms with Gasteiger partial charge < -0.3 is 4.90 Å². The largest absolute Gasteiger partial charge is 0.416 e. The van der Waals surface area contributed by atoms with Gasteiger partial charge in [-0.05, 0) is 17.7 Å². The molecule has 0 radical (unpaired) electrons. The molecule has 1 aromatic heterocycles. The Hall–Kier alpha value is -2.08. The van der Waals surface area contributed by atoms with E-state index in [1.165, 1.54) is 11.8 Å². The molecule has 0 aliphatic carbocycles. The van der Waals surface area contributed by atoms with Crippen molar-refractivity contribution in [1.82, 2.24) is 9.88 Å². The van der Waals surface area contributed by atoms with Crippen LogP contribution in [0.5, 0.6) is 0 Å². The van der Waals surface area contributed by atoms with Gasteiger partial charge in [-0.15, -0.1) is 0 Å². The molecule has 0 amide bonds. The average Bonchev–Trinajstić information content (AvgIpc) is 2.56. The maximum Gasteiger partial charge on any atom is 0.416 e. The van der Waals surface area contributed by atoms with Crippen LogP contribution < -0.4 is 4.90 Å². The summed E-state index contributed by atoms with van der Waals surface area (Å²) in [5.41, 5.74) is 0.604. The first kappa shape index (κ1) is 15.8. The lowest BCUT2D eigenvalue weighted by Crippen LogP contribution is -2.46. The summed E-state index contributed by atoms with van der Waals surface area (Å²) >= 11 is 0. The van der Waals surface area contributed by atoms with Crippen LogP contribution in [0.1, 0.15) is 11.1 Å². The Morgan fingerprint density at radius 1 is 0.957 bits per heavy atom. The second-order valence-electron chi connectivity index (χ2n) is 5.65. The summed E-state index contributed by atoms with van der Waals surface area (Å²) in [7, 11) is 0. The molecule has 3 nitrogen and oxygen atoms in total. The first-order valence-corrected chi connectivity index (χ1v) is 7.57. The van der Waals surface area contributed by atoms with Crippen molar-refractivity contribution in [3.63, 3.8) is 0 Å². The number of hydrogen-bond donors (Lipinski definition) is 0. The number of benzene rings is 1. The predicted molar refractivity (Wildman–Crippen MR) is 83.2 cm³/mol. The summed E-state index contributed by atoms with van der Waals surface area (Å²) in [5.74, 6) is 0.402. The number of pyridine rings is 1. The minimum atomic E-state index is -4.33. The quantitative estimate of drug-likeness (QED) is 0.863. The van der Waals surface area contributed by atoms with Gasteiger partial charge >= 0.3 is 6.18 Å². The van der Waals surface area contributed by atoms with Gasteiger partial charge in [-0.2, -0.15) is 13.2 Å². The number of nitrogens with zero attached hydrogens (tertiary/aromatic N) is 3. The second kappa shape index (κ2) is 6.58. The molecular formula is C17H18F3N3. The van der Waals surface area contributed by atoms with Gasteiger partial charge in [0.25, 0.3) is 0 Å². The lowest BCUT2D eigenvalue weighted by molar-refractivity contribution is -0.137. The van der Waals surface area contributed by atoms with Crippen molar-refractivity contribution in [1.29, 1.82) is 0 Å². The monoisotopic (exact) mass is 321 g/mol. The minimum Gasteiger partial charge on any atom is -0.354 e. The Balaban J connectivity index is 1.61. The molecule has 1 saturated heterocycles. The molecule has 0 spiro atoms. The Morgan fingerprint density at radius 2 is 1.65 bits per heavy atom. The molecule has 0 atom stereocenters. The third-order valence-corrected chi connectivity index (χ3v) is 4.02. The summed E-state index contributed by atoms with van der Waals surface area (Å²) in [6, 6.07) is 12.3. The molecule has 0 N–H and O–H groups in total. The fourth-order valence-electron chi connectivity index (χ4n) is 2.74. The van der Waals surface area contributed by atoms with Gasteiger partial charge in [0.1, 0.15) is 5.82 Å². The first-order valence-electron chi connectivity index (χ1n) is 7.57. The van der Waals surface area contributed by atoms with Crippen LogP contribution >= 0.6 is 0 Å². The molecule has 2 heterocycles. The zero-order chi connectivity index (χ0) is 16.3. The van der Waals surface area contributed by atoms with Gasteiger partial charge in [0.2, 0.25) is 0 Å². The van der Waals surface area contributed by atoms with E-state index in [1.807, 2.05) is 23.1 Å². The fraction of sp³-hybridized carbons (Fsp3) is 0.353. The van der Waals surface area contributed by atoms with Crippen molar-refractivity contribution < 1.29 is 13.2 Å². The molecule has 0 unspecified atom stereocenters. The van der Waals surface area contributed by atoms with Crippen LogP contribution in [-0.2, 0) is 12.7 Å². The number of anilines is 1. The predicted octanol–water partition coefficient (Wildman–Crippen LogP) is 3.42. The van der Waals surface area contributed by atoms with E-state index in [-0.39, 0.29) is 0 Å². The Morgan fingerprint density at radius 3 is 2.30 bits per heavy atom. The molecule has 3 rings (SSSR count). The number of aromatic nitrogens is 1. The Kier molecular flexibility index (Phi) is 4.52. The van der Waals surface area contributed by atoms with Crippen LogP contribution in [0.2, 0.25) is 0 Å². The Labute approximate surface area is 133 Å². The maximum absolute atomic E-state index is 12.8. The van der Waals surface area contributed by atoms with Crippen molar-refractivity contribution in [3.8, 4) is 0 Å². The van der Waals surface area contributed by atoms with E-state index >= 15 is 0 Å². The van der Waals surface area contributed by atoms with Crippen molar-refractivity contribution in [2.75, 3.05) is 31.1 Å². The van der Waals surface area contributed by atoms with Crippen LogP contribution in [-0.4, -0.2) is 36.1 Å². The molecule has 1 aliphatic heterocycles. The molecule has 0 saturated carbocycles. The van der Waals surface area contributed by atoms with Crippen LogP contribution in [0.15, 0.2) is 48.7 Å². The van der Waals surface area contributed by atoms with Gasteiger partial charge in [0, 0.05) is 38.9 Å². The van der Waals surface area contributed by atoms with E-state index in [2.05, 4.69) is 22.0 Å². The van der Waals surface area contributed by atoms with Gasteiger partial charge in [-0.25, -0.2) is 4.98 Å². The molecule has 122 valence electrons. The highest BCUT2D eigenvalue weighted by molar-refractivity contribution is 5.42. The lowest BCUT2D eigenvalue weighted by atomic mass is 10.2. The van der Waals surface area contributed by atoms with Crippen LogP contribution in [0, 0.1) is 0 Å². The maximum atomic E-state index is 12.8. The third-order valence-electron chi connectivity index (χ3n) is 4.02. The average molecular weight is 321 g/mol. The van der Waals surface area contributed by atoms with Crippen LogP contribution in [0.3, 0.4) is 0 Å². The van der Waals surface area contributed by atoms with E-state index in [9.17, 15) is 13.2 Å². The molecule has 2 aromatic rings. The van der Waals surface area contributed by atoms with Crippen molar-refractivity contribution in [2.45, 2.75) is 12.7 Å². The molecule has 23 heavy (non-hydrogen) atoms. The highest BCUT2D eigenvalue weighted by Gasteiger charge is 2.31. The molecule has 1 aromatic carbocycles. The number of piperazine rings is 1. The zero-order valence-corrected chi connectivity index (χ0v) is 12.6. The summed E-state index contributed by atoms with van der Waals surface area (Å²) in [5, 5.41) is 0. The summed E-state index contributed by atoms with van der Waals surface area (Å²) < 4.78 is 38.4. The van der Waals surface area contributed by atoms with Gasteiger partial charge in [0.15, 0.2) is 0 Å². The highest BCUT2D eigenvalue weighted by Crippen LogP contribution is 2.30. The fourth-order valence-corrected chi connectivity index (χ4v) is 2.74.